The number of aromatic nitrogens is 1. The highest BCUT2D eigenvalue weighted by Crippen LogP contribution is 2.19. The summed E-state index contributed by atoms with van der Waals surface area (Å²) >= 11 is 11.0. The number of benzene rings is 1. The maximum atomic E-state index is 11.7. The van der Waals surface area contributed by atoms with Gasteiger partial charge in [0.15, 0.2) is 5.11 Å². The predicted molar refractivity (Wildman–Crippen MR) is 82.5 cm³/mol. The maximum Gasteiger partial charge on any atom is 0.288 e. The molecule has 2 aromatic rings. The van der Waals surface area contributed by atoms with Gasteiger partial charge in [0.2, 0.25) is 0 Å². The minimum Gasteiger partial charge on any atom is -0.330 e. The van der Waals surface area contributed by atoms with E-state index in [1.165, 1.54) is 6.20 Å². The average Bonchev–Trinajstić information content (AvgIpc) is 2.48. The quantitative estimate of drug-likeness (QED) is 0.587. The number of thiocarbonyl (C=S) groups is 1. The molecule has 5 nitrogen and oxygen atoms in total. The molecule has 1 aromatic carbocycles. The maximum absolute atomic E-state index is 11.7. The molecule has 20 heavy (non-hydrogen) atoms. The summed E-state index contributed by atoms with van der Waals surface area (Å²) in [6.45, 7) is 0. The zero-order valence-corrected chi connectivity index (χ0v) is 11.8. The number of hydrogen-bond donors (Lipinski definition) is 3. The highest BCUT2D eigenvalue weighted by Gasteiger charge is 2.06. The average molecular weight is 307 g/mol. The number of nitrogens with zero attached hydrogens (tertiary/aromatic N) is 1. The van der Waals surface area contributed by atoms with Gasteiger partial charge in [-0.1, -0.05) is 29.8 Å². The number of anilines is 1. The van der Waals surface area contributed by atoms with Gasteiger partial charge in [0.1, 0.15) is 5.69 Å². The summed E-state index contributed by atoms with van der Waals surface area (Å²) < 4.78 is 0. The summed E-state index contributed by atoms with van der Waals surface area (Å²) in [7, 11) is 0. The number of pyridine rings is 1. The van der Waals surface area contributed by atoms with Gasteiger partial charge in [-0.2, -0.15) is 0 Å². The van der Waals surface area contributed by atoms with Crippen molar-refractivity contribution in [2.24, 2.45) is 0 Å². The molecule has 2 rings (SSSR count). The fourth-order valence-electron chi connectivity index (χ4n) is 1.39. The van der Waals surface area contributed by atoms with E-state index in [4.69, 9.17) is 23.8 Å². The van der Waals surface area contributed by atoms with Gasteiger partial charge in [-0.05, 0) is 36.5 Å². The molecule has 0 aliphatic heterocycles. The molecule has 0 aliphatic rings. The van der Waals surface area contributed by atoms with E-state index < -0.39 is 0 Å². The van der Waals surface area contributed by atoms with E-state index in [0.717, 1.165) is 0 Å². The van der Waals surface area contributed by atoms with Crippen molar-refractivity contribution in [3.63, 3.8) is 0 Å². The van der Waals surface area contributed by atoms with Crippen LogP contribution in [0.3, 0.4) is 0 Å². The fraction of sp³-hybridized carbons (Fsp3) is 0. The molecule has 3 N–H and O–H groups in total. The van der Waals surface area contributed by atoms with Crippen molar-refractivity contribution >= 4 is 40.5 Å². The fourth-order valence-corrected chi connectivity index (χ4v) is 1.73. The number of halogens is 1. The summed E-state index contributed by atoms with van der Waals surface area (Å²) in [6, 6.07) is 12.2. The first kappa shape index (κ1) is 14.2. The molecule has 0 atom stereocenters. The van der Waals surface area contributed by atoms with Gasteiger partial charge >= 0.3 is 0 Å². The number of amides is 1. The standard InChI is InChI=1S/C13H11ClN4OS/c14-9-5-1-2-6-10(9)16-13(20)18-17-12(19)11-7-3-4-8-15-11/h1-8H,(H,17,19)(H2,16,18,20). The molecule has 1 heterocycles. The molecular formula is C13H11ClN4OS. The minimum atomic E-state index is -0.381. The third-order valence-corrected chi connectivity index (χ3v) is 2.84. The van der Waals surface area contributed by atoms with Crippen molar-refractivity contribution in [2.75, 3.05) is 5.32 Å². The lowest BCUT2D eigenvalue weighted by atomic mass is 10.3. The van der Waals surface area contributed by atoms with Crippen LogP contribution in [-0.4, -0.2) is 16.0 Å². The first-order valence-corrected chi connectivity index (χ1v) is 6.48. The highest BCUT2D eigenvalue weighted by atomic mass is 35.5. The van der Waals surface area contributed by atoms with Crippen LogP contribution >= 0.6 is 23.8 Å². The topological polar surface area (TPSA) is 66.1 Å². The molecule has 0 radical (unpaired) electrons. The highest BCUT2D eigenvalue weighted by molar-refractivity contribution is 7.80. The molecule has 0 bridgehead atoms. The number of rotatable bonds is 2. The third-order valence-electron chi connectivity index (χ3n) is 2.31. The van der Waals surface area contributed by atoms with Crippen LogP contribution < -0.4 is 16.2 Å². The van der Waals surface area contributed by atoms with Crippen LogP contribution in [0.15, 0.2) is 48.7 Å². The van der Waals surface area contributed by atoms with Crippen LogP contribution in [0.25, 0.3) is 0 Å². The van der Waals surface area contributed by atoms with E-state index in [-0.39, 0.29) is 11.0 Å². The number of para-hydroxylation sites is 1. The Hall–Kier alpha value is -2.18. The van der Waals surface area contributed by atoms with Crippen LogP contribution in [0.2, 0.25) is 5.02 Å². The molecule has 0 unspecified atom stereocenters. The Morgan fingerprint density at radius 3 is 2.55 bits per heavy atom. The molecular weight excluding hydrogens is 296 g/mol. The Balaban J connectivity index is 1.87. The zero-order chi connectivity index (χ0) is 14.4. The van der Waals surface area contributed by atoms with Crippen molar-refractivity contribution in [3.05, 3.63) is 59.4 Å². The van der Waals surface area contributed by atoms with Crippen LogP contribution in [-0.2, 0) is 0 Å². The number of hydrogen-bond acceptors (Lipinski definition) is 3. The second-order valence-electron chi connectivity index (χ2n) is 3.73. The molecule has 0 saturated carbocycles. The first-order valence-electron chi connectivity index (χ1n) is 5.70. The molecule has 1 amide bonds. The SMILES string of the molecule is O=C(NNC(=S)Nc1ccccc1Cl)c1ccccn1. The Kier molecular flexibility index (Phi) is 4.86. The molecule has 1 aromatic heterocycles. The van der Waals surface area contributed by atoms with Crippen molar-refractivity contribution in [3.8, 4) is 0 Å². The van der Waals surface area contributed by atoms with Gasteiger partial charge < -0.3 is 5.32 Å². The lowest BCUT2D eigenvalue weighted by molar-refractivity contribution is 0.0939. The van der Waals surface area contributed by atoms with Gasteiger partial charge in [0, 0.05) is 6.20 Å². The van der Waals surface area contributed by atoms with Crippen LogP contribution in [0.4, 0.5) is 5.69 Å². The second kappa shape index (κ2) is 6.83. The van der Waals surface area contributed by atoms with Gasteiger partial charge in [-0.25, -0.2) is 0 Å². The monoisotopic (exact) mass is 306 g/mol. The Morgan fingerprint density at radius 2 is 1.85 bits per heavy atom. The van der Waals surface area contributed by atoms with E-state index in [0.29, 0.717) is 16.4 Å². The van der Waals surface area contributed by atoms with Gasteiger partial charge in [-0.15, -0.1) is 0 Å². The Bertz CT molecular complexity index is 621. The summed E-state index contributed by atoms with van der Waals surface area (Å²) in [4.78, 5) is 15.6. The van der Waals surface area contributed by atoms with Gasteiger partial charge in [0.05, 0.1) is 10.7 Å². The molecule has 0 aliphatic carbocycles. The molecule has 7 heteroatoms. The zero-order valence-electron chi connectivity index (χ0n) is 10.3. The lowest BCUT2D eigenvalue weighted by Crippen LogP contribution is -2.44. The molecule has 0 fully saturated rings. The first-order chi connectivity index (χ1) is 9.66. The summed E-state index contributed by atoms with van der Waals surface area (Å²) in [5.41, 5.74) is 5.96. The van der Waals surface area contributed by atoms with E-state index in [2.05, 4.69) is 21.2 Å². The summed E-state index contributed by atoms with van der Waals surface area (Å²) in [6.07, 6.45) is 1.54. The summed E-state index contributed by atoms with van der Waals surface area (Å²) in [5.74, 6) is -0.381. The molecule has 0 saturated heterocycles. The van der Waals surface area contributed by atoms with Gasteiger partial charge in [0.25, 0.3) is 5.91 Å². The molecule has 0 spiro atoms. The van der Waals surface area contributed by atoms with Crippen molar-refractivity contribution < 1.29 is 4.79 Å². The largest absolute Gasteiger partial charge is 0.330 e. The van der Waals surface area contributed by atoms with Crippen LogP contribution in [0, 0.1) is 0 Å². The van der Waals surface area contributed by atoms with E-state index in [1.807, 2.05) is 12.1 Å². The minimum absolute atomic E-state index is 0.224. The Labute approximate surface area is 126 Å². The normalized spacial score (nSPS) is 9.65. The lowest BCUT2D eigenvalue weighted by Gasteiger charge is -2.12. The third kappa shape index (κ3) is 3.91. The van der Waals surface area contributed by atoms with Crippen molar-refractivity contribution in [1.29, 1.82) is 0 Å². The van der Waals surface area contributed by atoms with Crippen LogP contribution in [0.5, 0.6) is 0 Å². The predicted octanol–water partition coefficient (Wildman–Crippen LogP) is 2.37. The number of hydrazine groups is 1. The van der Waals surface area contributed by atoms with E-state index in [9.17, 15) is 4.79 Å². The number of carbonyl (C=O) groups excluding carboxylic acids is 1. The number of nitrogens with one attached hydrogen (secondary N) is 3. The van der Waals surface area contributed by atoms with Crippen LogP contribution in [0.1, 0.15) is 10.5 Å². The van der Waals surface area contributed by atoms with Crippen molar-refractivity contribution in [2.45, 2.75) is 0 Å². The number of carbonyl (C=O) groups is 1. The summed E-state index contributed by atoms with van der Waals surface area (Å²) in [5, 5.41) is 3.63. The van der Waals surface area contributed by atoms with Crippen molar-refractivity contribution in [1.82, 2.24) is 15.8 Å². The Morgan fingerprint density at radius 1 is 1.10 bits per heavy atom. The second-order valence-corrected chi connectivity index (χ2v) is 4.54. The van der Waals surface area contributed by atoms with E-state index >= 15 is 0 Å². The smallest absolute Gasteiger partial charge is 0.288 e. The van der Waals surface area contributed by atoms with Gasteiger partial charge in [-0.3, -0.25) is 20.6 Å². The molecule has 102 valence electrons. The van der Waals surface area contributed by atoms with E-state index in [1.54, 1.807) is 30.3 Å².